The highest BCUT2D eigenvalue weighted by Crippen LogP contribution is 2.01. The van der Waals surface area contributed by atoms with Crippen molar-refractivity contribution in [1.29, 1.82) is 0 Å². The Bertz CT molecular complexity index is 175. The molecule has 0 saturated heterocycles. The van der Waals surface area contributed by atoms with Crippen molar-refractivity contribution in [3.05, 3.63) is 35.9 Å². The molecule has 0 unspecified atom stereocenters. The minimum atomic E-state index is -0.799. The molecule has 0 atom stereocenters. The number of nitrogens with two attached hydrogens (primary N) is 2. The largest absolute Gasteiger partial charge is 0.274 e. The fourth-order valence-corrected chi connectivity index (χ4v) is 0.439. The third-order valence-electron chi connectivity index (χ3n) is 0.824. The smallest absolute Gasteiger partial charge is 0.158 e. The summed E-state index contributed by atoms with van der Waals surface area (Å²) in [6.45, 7) is 0. The minimum Gasteiger partial charge on any atom is -0.274 e. The molecule has 0 heterocycles. The third kappa shape index (κ3) is 4.83. The predicted octanol–water partition coefficient (Wildman–Crippen LogP) is 1.36. The highest BCUT2D eigenvalue weighted by Gasteiger charge is 1.93. The van der Waals surface area contributed by atoms with E-state index in [1.165, 1.54) is 12.1 Å². The molecule has 1 rings (SSSR count). The summed E-state index contributed by atoms with van der Waals surface area (Å²) in [6.07, 6.45) is 0. The molecule has 4 N–H and O–H groups in total. The maximum Gasteiger partial charge on any atom is 0.158 e. The van der Waals surface area contributed by atoms with E-state index in [9.17, 15) is 8.78 Å². The zero-order valence-electron chi connectivity index (χ0n) is 5.63. The van der Waals surface area contributed by atoms with Crippen molar-refractivity contribution < 1.29 is 8.78 Å². The second-order valence-electron chi connectivity index (χ2n) is 1.41. The van der Waals surface area contributed by atoms with Gasteiger partial charge in [-0.05, 0) is 12.1 Å². The van der Waals surface area contributed by atoms with Crippen LogP contribution in [0, 0.1) is 11.6 Å². The van der Waals surface area contributed by atoms with Gasteiger partial charge in [-0.2, -0.15) is 0 Å². The molecule has 0 aliphatic heterocycles. The topological polar surface area (TPSA) is 52.0 Å². The van der Waals surface area contributed by atoms with E-state index < -0.39 is 11.6 Å². The Balaban J connectivity index is 0. The Hall–Kier alpha value is -0.520. The SMILES string of the molecule is Br.Fc1ccccc1F.NN. The van der Waals surface area contributed by atoms with Gasteiger partial charge in [-0.3, -0.25) is 11.7 Å². The number of benzene rings is 1. The molecule has 0 aliphatic rings. The van der Waals surface area contributed by atoms with Crippen LogP contribution in [0.3, 0.4) is 0 Å². The highest BCUT2D eigenvalue weighted by atomic mass is 79.9. The Kier molecular flexibility index (Phi) is 9.03. The van der Waals surface area contributed by atoms with Crippen molar-refractivity contribution in [1.82, 2.24) is 0 Å². The molecule has 11 heavy (non-hydrogen) atoms. The van der Waals surface area contributed by atoms with Gasteiger partial charge >= 0.3 is 0 Å². The fourth-order valence-electron chi connectivity index (χ4n) is 0.439. The van der Waals surface area contributed by atoms with E-state index in [0.29, 0.717) is 0 Å². The van der Waals surface area contributed by atoms with Crippen LogP contribution in [0.5, 0.6) is 0 Å². The van der Waals surface area contributed by atoms with E-state index in [4.69, 9.17) is 0 Å². The van der Waals surface area contributed by atoms with Crippen LogP contribution < -0.4 is 11.7 Å². The first kappa shape index (κ1) is 13.1. The molecule has 0 aromatic heterocycles. The minimum absolute atomic E-state index is 0. The Morgan fingerprint density at radius 2 is 1.18 bits per heavy atom. The zero-order valence-corrected chi connectivity index (χ0v) is 7.34. The number of rotatable bonds is 0. The van der Waals surface area contributed by atoms with Crippen LogP contribution >= 0.6 is 17.0 Å². The van der Waals surface area contributed by atoms with E-state index in [-0.39, 0.29) is 17.0 Å². The average molecular weight is 227 g/mol. The quantitative estimate of drug-likeness (QED) is 0.519. The van der Waals surface area contributed by atoms with Gasteiger partial charge in [0.15, 0.2) is 11.6 Å². The molecule has 0 fully saturated rings. The molecule has 0 bridgehead atoms. The number of halogens is 3. The average Bonchev–Trinajstić information content (AvgIpc) is 2.00. The van der Waals surface area contributed by atoms with Gasteiger partial charge in [0.25, 0.3) is 0 Å². The first-order valence-electron chi connectivity index (χ1n) is 2.54. The Morgan fingerprint density at radius 1 is 0.909 bits per heavy atom. The summed E-state index contributed by atoms with van der Waals surface area (Å²) < 4.78 is 23.9. The molecule has 1 aromatic carbocycles. The van der Waals surface area contributed by atoms with E-state index in [2.05, 4.69) is 11.7 Å². The van der Waals surface area contributed by atoms with Crippen molar-refractivity contribution in [3.8, 4) is 0 Å². The lowest BCUT2D eigenvalue weighted by molar-refractivity contribution is 0.508. The summed E-state index contributed by atoms with van der Waals surface area (Å²) in [4.78, 5) is 0. The maximum absolute atomic E-state index is 11.9. The first-order valence-corrected chi connectivity index (χ1v) is 2.54. The van der Waals surface area contributed by atoms with E-state index in [1.807, 2.05) is 0 Å². The highest BCUT2D eigenvalue weighted by molar-refractivity contribution is 8.93. The van der Waals surface area contributed by atoms with E-state index >= 15 is 0 Å². The molecule has 0 amide bonds. The maximum atomic E-state index is 11.9. The summed E-state index contributed by atoms with van der Waals surface area (Å²) in [6, 6.07) is 5.04. The van der Waals surface area contributed by atoms with Crippen LogP contribution in [-0.2, 0) is 0 Å². The molecule has 0 aliphatic carbocycles. The molecule has 0 spiro atoms. The summed E-state index contributed by atoms with van der Waals surface area (Å²) in [7, 11) is 0. The van der Waals surface area contributed by atoms with Gasteiger partial charge in [0.05, 0.1) is 0 Å². The van der Waals surface area contributed by atoms with Crippen LogP contribution in [0.25, 0.3) is 0 Å². The summed E-state index contributed by atoms with van der Waals surface area (Å²) in [5, 5.41) is 0. The third-order valence-corrected chi connectivity index (χ3v) is 0.824. The van der Waals surface area contributed by atoms with Crippen LogP contribution in [0.15, 0.2) is 24.3 Å². The van der Waals surface area contributed by atoms with Crippen molar-refractivity contribution in [2.75, 3.05) is 0 Å². The van der Waals surface area contributed by atoms with Crippen molar-refractivity contribution in [3.63, 3.8) is 0 Å². The lowest BCUT2D eigenvalue weighted by atomic mass is 10.3. The van der Waals surface area contributed by atoms with Crippen LogP contribution in [0.4, 0.5) is 8.78 Å². The van der Waals surface area contributed by atoms with Gasteiger partial charge in [-0.15, -0.1) is 17.0 Å². The lowest BCUT2D eigenvalue weighted by Crippen LogP contribution is -2.02. The normalized spacial score (nSPS) is 7.27. The van der Waals surface area contributed by atoms with Gasteiger partial charge in [0.1, 0.15) is 0 Å². The first-order chi connectivity index (χ1) is 4.80. The molecule has 0 saturated carbocycles. The molecule has 1 aromatic rings. The van der Waals surface area contributed by atoms with Gasteiger partial charge in [-0.25, -0.2) is 8.78 Å². The van der Waals surface area contributed by atoms with E-state index in [1.54, 1.807) is 0 Å². The van der Waals surface area contributed by atoms with E-state index in [0.717, 1.165) is 12.1 Å². The summed E-state index contributed by atoms with van der Waals surface area (Å²) in [5.41, 5.74) is 0. The standard InChI is InChI=1S/C6H4F2.BrH.H4N2/c7-5-3-1-2-4-6(5)8;;1-2/h1-4H;1H;1-2H2. The van der Waals surface area contributed by atoms with Crippen molar-refractivity contribution in [2.24, 2.45) is 11.7 Å². The lowest BCUT2D eigenvalue weighted by Gasteiger charge is -1.85. The van der Waals surface area contributed by atoms with Crippen LogP contribution in [-0.4, -0.2) is 0 Å². The van der Waals surface area contributed by atoms with Gasteiger partial charge in [0.2, 0.25) is 0 Å². The predicted molar refractivity (Wildman–Crippen MR) is 45.1 cm³/mol. The monoisotopic (exact) mass is 226 g/mol. The summed E-state index contributed by atoms with van der Waals surface area (Å²) >= 11 is 0. The number of hydrogen-bond donors (Lipinski definition) is 2. The van der Waals surface area contributed by atoms with Gasteiger partial charge in [0, 0.05) is 0 Å². The number of hydrazine groups is 1. The molecule has 0 radical (unpaired) electrons. The fraction of sp³-hybridized carbons (Fsp3) is 0. The zero-order chi connectivity index (χ0) is 7.98. The van der Waals surface area contributed by atoms with Gasteiger partial charge in [-0.1, -0.05) is 12.1 Å². The number of hydrogen-bond acceptors (Lipinski definition) is 2. The molecule has 2 nitrogen and oxygen atoms in total. The second kappa shape index (κ2) is 7.59. The Morgan fingerprint density at radius 3 is 1.36 bits per heavy atom. The van der Waals surface area contributed by atoms with Crippen molar-refractivity contribution >= 4 is 17.0 Å². The molecule has 64 valence electrons. The molecular weight excluding hydrogens is 218 g/mol. The second-order valence-corrected chi connectivity index (χ2v) is 1.41. The van der Waals surface area contributed by atoms with Crippen LogP contribution in [0.2, 0.25) is 0 Å². The molecule has 5 heteroatoms. The van der Waals surface area contributed by atoms with Crippen molar-refractivity contribution in [2.45, 2.75) is 0 Å². The van der Waals surface area contributed by atoms with Gasteiger partial charge < -0.3 is 0 Å². The Labute approximate surface area is 73.9 Å². The molecular formula is C6H9BrF2N2. The van der Waals surface area contributed by atoms with Crippen LogP contribution in [0.1, 0.15) is 0 Å². The summed E-state index contributed by atoms with van der Waals surface area (Å²) in [5.74, 6) is 6.40.